The van der Waals surface area contributed by atoms with E-state index in [4.69, 9.17) is 16.3 Å². The third-order valence-electron chi connectivity index (χ3n) is 2.29. The van der Waals surface area contributed by atoms with Crippen LogP contribution in [0, 0.1) is 0 Å². The van der Waals surface area contributed by atoms with Crippen LogP contribution in [0.4, 0.5) is 0 Å². The highest BCUT2D eigenvalue weighted by molar-refractivity contribution is 7.18. The first-order chi connectivity index (χ1) is 6.94. The minimum absolute atomic E-state index is 0.00609. The number of carbonyl (C=O) groups is 1. The highest BCUT2D eigenvalue weighted by Gasteiger charge is 2.18. The van der Waals surface area contributed by atoms with Gasteiger partial charge in [0.05, 0.1) is 14.8 Å². The summed E-state index contributed by atoms with van der Waals surface area (Å²) in [6, 6.07) is 3.46. The van der Waals surface area contributed by atoms with E-state index in [9.17, 15) is 4.79 Å². The lowest BCUT2D eigenvalue weighted by Gasteiger charge is -2.22. The Morgan fingerprint density at radius 3 is 2.67 bits per heavy atom. The molecular weight excluding hydrogens is 232 g/mol. The number of hydrogen-bond donors (Lipinski definition) is 0. The van der Waals surface area contributed by atoms with Gasteiger partial charge in [0.15, 0.2) is 5.78 Å². The fraction of sp³-hybridized carbons (Fsp3) is 0.545. The summed E-state index contributed by atoms with van der Waals surface area (Å²) in [5.74, 6) is -0.00609. The topological polar surface area (TPSA) is 26.3 Å². The molecule has 0 atom stereocenters. The van der Waals surface area contributed by atoms with Gasteiger partial charge < -0.3 is 4.74 Å². The van der Waals surface area contributed by atoms with Crippen molar-refractivity contribution in [1.29, 1.82) is 0 Å². The lowest BCUT2D eigenvalue weighted by Crippen LogP contribution is -2.26. The maximum atomic E-state index is 11.6. The smallest absolute Gasteiger partial charge is 0.198 e. The minimum atomic E-state index is -0.239. The first-order valence-electron chi connectivity index (χ1n) is 4.87. The van der Waals surface area contributed by atoms with Crippen molar-refractivity contribution in [2.45, 2.75) is 32.8 Å². The molecule has 84 valence electrons. The van der Waals surface area contributed by atoms with E-state index in [-0.39, 0.29) is 18.0 Å². The van der Waals surface area contributed by atoms with Gasteiger partial charge in [0.2, 0.25) is 0 Å². The Kier molecular flexibility index (Phi) is 4.32. The van der Waals surface area contributed by atoms with Crippen LogP contribution in [-0.4, -0.2) is 18.0 Å². The third-order valence-corrected chi connectivity index (χ3v) is 3.57. The average molecular weight is 247 g/mol. The molecule has 1 aromatic heterocycles. The van der Waals surface area contributed by atoms with E-state index in [0.29, 0.717) is 9.21 Å². The number of halogens is 1. The molecule has 0 amide bonds. The molecule has 0 radical (unpaired) electrons. The molecule has 0 aliphatic heterocycles. The molecule has 0 saturated heterocycles. The second-order valence-electron chi connectivity index (χ2n) is 3.93. The van der Waals surface area contributed by atoms with Crippen molar-refractivity contribution < 1.29 is 9.53 Å². The Labute approximate surface area is 99.2 Å². The first kappa shape index (κ1) is 12.7. The van der Waals surface area contributed by atoms with Crippen LogP contribution in [0.1, 0.15) is 36.9 Å². The van der Waals surface area contributed by atoms with Crippen LogP contribution in [0.2, 0.25) is 4.34 Å². The maximum Gasteiger partial charge on any atom is 0.198 e. The van der Waals surface area contributed by atoms with Gasteiger partial charge in [-0.05, 0) is 32.4 Å². The second-order valence-corrected chi connectivity index (χ2v) is 5.64. The van der Waals surface area contributed by atoms with Crippen LogP contribution >= 0.6 is 22.9 Å². The van der Waals surface area contributed by atoms with Gasteiger partial charge in [-0.2, -0.15) is 0 Å². The fourth-order valence-corrected chi connectivity index (χ4v) is 1.87. The van der Waals surface area contributed by atoms with Crippen molar-refractivity contribution in [3.63, 3.8) is 0 Å². The van der Waals surface area contributed by atoms with Crippen LogP contribution in [0.15, 0.2) is 12.1 Å². The molecule has 15 heavy (non-hydrogen) atoms. The molecule has 0 aliphatic rings. The number of hydrogen-bond acceptors (Lipinski definition) is 3. The molecule has 0 fully saturated rings. The van der Waals surface area contributed by atoms with Gasteiger partial charge in [-0.3, -0.25) is 4.79 Å². The summed E-state index contributed by atoms with van der Waals surface area (Å²) >= 11 is 7.04. The van der Waals surface area contributed by atoms with E-state index < -0.39 is 0 Å². The highest BCUT2D eigenvalue weighted by Crippen LogP contribution is 2.22. The molecular formula is C11H15ClO2S. The summed E-state index contributed by atoms with van der Waals surface area (Å²) in [4.78, 5) is 12.3. The van der Waals surface area contributed by atoms with Gasteiger partial charge >= 0.3 is 0 Å². The molecule has 0 aliphatic carbocycles. The lowest BCUT2D eigenvalue weighted by atomic mass is 10.1. The highest BCUT2D eigenvalue weighted by atomic mass is 35.5. The molecule has 0 N–H and O–H groups in total. The number of ketones is 1. The van der Waals surface area contributed by atoms with Crippen LogP contribution in [0.25, 0.3) is 0 Å². The molecule has 0 spiro atoms. The number of ether oxygens (including phenoxy) is 1. The number of rotatable bonds is 5. The molecule has 1 rings (SSSR count). The van der Waals surface area contributed by atoms with E-state index in [2.05, 4.69) is 0 Å². The summed E-state index contributed by atoms with van der Waals surface area (Å²) in [5.41, 5.74) is -0.239. The van der Waals surface area contributed by atoms with Gasteiger partial charge in [-0.1, -0.05) is 18.5 Å². The first-order valence-corrected chi connectivity index (χ1v) is 6.06. The predicted molar refractivity (Wildman–Crippen MR) is 64.0 cm³/mol. The van der Waals surface area contributed by atoms with E-state index in [1.165, 1.54) is 11.3 Å². The SMILES string of the molecule is CCC(C)(C)OCC(=O)c1ccc(Cl)s1. The quantitative estimate of drug-likeness (QED) is 0.739. The molecule has 4 heteroatoms. The van der Waals surface area contributed by atoms with Gasteiger partial charge in [0.25, 0.3) is 0 Å². The molecule has 1 heterocycles. The van der Waals surface area contributed by atoms with E-state index >= 15 is 0 Å². The summed E-state index contributed by atoms with van der Waals surface area (Å²) in [6.45, 7) is 6.10. The largest absolute Gasteiger partial charge is 0.367 e. The standard InChI is InChI=1S/C11H15ClO2S/c1-4-11(2,3)14-7-8(13)9-5-6-10(12)15-9/h5-6H,4,7H2,1-3H3. The van der Waals surface area contributed by atoms with E-state index in [1.54, 1.807) is 12.1 Å². The van der Waals surface area contributed by atoms with Crippen LogP contribution in [0.3, 0.4) is 0 Å². The Bertz CT molecular complexity index is 344. The predicted octanol–water partition coefficient (Wildman–Crippen LogP) is 3.79. The Morgan fingerprint density at radius 2 is 2.20 bits per heavy atom. The van der Waals surface area contributed by atoms with Crippen molar-refractivity contribution in [2.75, 3.05) is 6.61 Å². The lowest BCUT2D eigenvalue weighted by molar-refractivity contribution is -0.0120. The zero-order valence-electron chi connectivity index (χ0n) is 9.17. The third kappa shape index (κ3) is 3.93. The van der Waals surface area contributed by atoms with Gasteiger partial charge in [-0.15, -0.1) is 11.3 Å². The minimum Gasteiger partial charge on any atom is -0.367 e. The average Bonchev–Trinajstić information content (AvgIpc) is 2.61. The zero-order valence-corrected chi connectivity index (χ0v) is 10.7. The molecule has 0 bridgehead atoms. The van der Waals surface area contributed by atoms with Crippen molar-refractivity contribution in [1.82, 2.24) is 0 Å². The van der Waals surface area contributed by atoms with E-state index in [0.717, 1.165) is 6.42 Å². The Hall–Kier alpha value is -0.380. The van der Waals surface area contributed by atoms with Crippen molar-refractivity contribution in [3.8, 4) is 0 Å². The number of carbonyl (C=O) groups excluding carboxylic acids is 1. The van der Waals surface area contributed by atoms with Crippen molar-refractivity contribution in [3.05, 3.63) is 21.3 Å². The zero-order chi connectivity index (χ0) is 11.5. The summed E-state index contributed by atoms with van der Waals surface area (Å²) < 4.78 is 6.15. The monoisotopic (exact) mass is 246 g/mol. The molecule has 1 aromatic rings. The Morgan fingerprint density at radius 1 is 1.53 bits per heavy atom. The Balaban J connectivity index is 2.50. The summed E-state index contributed by atoms with van der Waals surface area (Å²) in [7, 11) is 0. The molecule has 0 unspecified atom stereocenters. The van der Waals surface area contributed by atoms with Crippen molar-refractivity contribution >= 4 is 28.7 Å². The van der Waals surface area contributed by atoms with Crippen LogP contribution in [0.5, 0.6) is 0 Å². The fourth-order valence-electron chi connectivity index (χ4n) is 0.898. The number of thiophene rings is 1. The van der Waals surface area contributed by atoms with Gasteiger partial charge in [0.1, 0.15) is 6.61 Å². The summed E-state index contributed by atoms with van der Waals surface area (Å²) in [5, 5.41) is 0. The van der Waals surface area contributed by atoms with Crippen LogP contribution < -0.4 is 0 Å². The molecule has 2 nitrogen and oxygen atoms in total. The van der Waals surface area contributed by atoms with Gasteiger partial charge in [-0.25, -0.2) is 0 Å². The van der Waals surface area contributed by atoms with Crippen LogP contribution in [-0.2, 0) is 4.74 Å². The summed E-state index contributed by atoms with van der Waals surface area (Å²) in [6.07, 6.45) is 0.880. The molecule has 0 aromatic carbocycles. The normalized spacial score (nSPS) is 11.7. The van der Waals surface area contributed by atoms with Crippen molar-refractivity contribution in [2.24, 2.45) is 0 Å². The molecule has 0 saturated carbocycles. The van der Waals surface area contributed by atoms with E-state index in [1.807, 2.05) is 20.8 Å². The maximum absolute atomic E-state index is 11.6. The second kappa shape index (κ2) is 5.10. The van der Waals surface area contributed by atoms with Gasteiger partial charge in [0, 0.05) is 0 Å². The number of Topliss-reactive ketones (excluding diaryl/α,β-unsaturated/α-hetero) is 1.